The fraction of sp³-hybridized carbons (Fsp3) is 0.300. The fourth-order valence-electron chi connectivity index (χ4n) is 2.62. The molecule has 0 aliphatic carbocycles. The molecule has 0 atom stereocenters. The second-order valence-electron chi connectivity index (χ2n) is 5.70. The second-order valence-corrected chi connectivity index (χ2v) is 5.70. The van der Waals surface area contributed by atoms with Crippen LogP contribution in [-0.4, -0.2) is 18.2 Å². The van der Waals surface area contributed by atoms with Crippen LogP contribution in [0.25, 0.3) is 0 Å². The van der Waals surface area contributed by atoms with Gasteiger partial charge in [0, 0.05) is 16.9 Å². The molecule has 126 valence electrons. The molecule has 4 nitrogen and oxygen atoms in total. The highest BCUT2D eigenvalue weighted by Crippen LogP contribution is 2.22. The van der Waals surface area contributed by atoms with E-state index in [1.165, 1.54) is 6.92 Å². The van der Waals surface area contributed by atoms with Crippen molar-refractivity contribution in [2.75, 3.05) is 17.2 Å². The van der Waals surface area contributed by atoms with Gasteiger partial charge < -0.3 is 10.6 Å². The van der Waals surface area contributed by atoms with Crippen molar-refractivity contribution in [1.82, 2.24) is 0 Å². The highest BCUT2D eigenvalue weighted by atomic mass is 16.2. The fourth-order valence-corrected chi connectivity index (χ4v) is 2.62. The van der Waals surface area contributed by atoms with Gasteiger partial charge in [-0.15, -0.1) is 0 Å². The highest BCUT2D eigenvalue weighted by molar-refractivity contribution is 5.96. The third-order valence-electron chi connectivity index (χ3n) is 3.99. The smallest absolute Gasteiger partial charge is 0.243 e. The van der Waals surface area contributed by atoms with Crippen LogP contribution in [0.4, 0.5) is 11.4 Å². The Morgan fingerprint density at radius 2 is 1.58 bits per heavy atom. The zero-order chi connectivity index (χ0) is 17.5. The molecule has 0 bridgehead atoms. The molecule has 0 saturated carbocycles. The average molecular weight is 324 g/mol. The molecule has 0 fully saturated rings. The molecule has 4 heteroatoms. The van der Waals surface area contributed by atoms with E-state index in [-0.39, 0.29) is 18.2 Å². The minimum Gasteiger partial charge on any atom is -0.376 e. The molecule has 0 unspecified atom stereocenters. The van der Waals surface area contributed by atoms with Crippen molar-refractivity contribution in [1.29, 1.82) is 0 Å². The van der Waals surface area contributed by atoms with E-state index in [1.54, 1.807) is 18.2 Å². The number of hydrogen-bond acceptors (Lipinski definition) is 3. The molecule has 1 amide bonds. The maximum atomic E-state index is 12.3. The average Bonchev–Trinajstić information content (AvgIpc) is 2.60. The molecule has 0 radical (unpaired) electrons. The molecule has 2 aromatic carbocycles. The van der Waals surface area contributed by atoms with Crippen LogP contribution in [0.15, 0.2) is 42.5 Å². The Bertz CT molecular complexity index is 716. The second kappa shape index (κ2) is 8.29. The van der Waals surface area contributed by atoms with Crippen LogP contribution in [0.5, 0.6) is 0 Å². The molecular formula is C20H24N2O2. The minimum absolute atomic E-state index is 0.00700. The van der Waals surface area contributed by atoms with Gasteiger partial charge in [-0.25, -0.2) is 0 Å². The van der Waals surface area contributed by atoms with Gasteiger partial charge in [0.25, 0.3) is 0 Å². The summed E-state index contributed by atoms with van der Waals surface area (Å²) in [5.41, 5.74) is 4.59. The molecule has 2 rings (SSSR count). The first-order valence-electron chi connectivity index (χ1n) is 8.30. The summed E-state index contributed by atoms with van der Waals surface area (Å²) in [5.74, 6) is -0.0913. The van der Waals surface area contributed by atoms with Gasteiger partial charge in [-0.3, -0.25) is 9.59 Å². The number of nitrogens with one attached hydrogen (secondary N) is 2. The summed E-state index contributed by atoms with van der Waals surface area (Å²) in [5, 5.41) is 6.09. The summed E-state index contributed by atoms with van der Waals surface area (Å²) in [6.45, 7) is 5.84. The third kappa shape index (κ3) is 4.44. The van der Waals surface area contributed by atoms with E-state index >= 15 is 0 Å². The van der Waals surface area contributed by atoms with Gasteiger partial charge in [-0.05, 0) is 43.0 Å². The Morgan fingerprint density at radius 3 is 2.17 bits per heavy atom. The van der Waals surface area contributed by atoms with Crippen LogP contribution in [0.1, 0.15) is 42.3 Å². The first kappa shape index (κ1) is 17.7. The van der Waals surface area contributed by atoms with E-state index in [1.807, 2.05) is 24.3 Å². The van der Waals surface area contributed by atoms with Crippen molar-refractivity contribution in [3.05, 3.63) is 59.2 Å². The molecular weight excluding hydrogens is 300 g/mol. The normalized spacial score (nSPS) is 10.3. The van der Waals surface area contributed by atoms with Gasteiger partial charge in [0.15, 0.2) is 5.78 Å². The van der Waals surface area contributed by atoms with E-state index in [9.17, 15) is 9.59 Å². The van der Waals surface area contributed by atoms with Crippen LogP contribution >= 0.6 is 0 Å². The Morgan fingerprint density at radius 1 is 0.958 bits per heavy atom. The van der Waals surface area contributed by atoms with E-state index in [0.29, 0.717) is 5.56 Å². The topological polar surface area (TPSA) is 58.2 Å². The monoisotopic (exact) mass is 324 g/mol. The zero-order valence-electron chi connectivity index (χ0n) is 14.5. The maximum absolute atomic E-state index is 12.3. The number of anilines is 2. The van der Waals surface area contributed by atoms with Crippen LogP contribution < -0.4 is 10.6 Å². The van der Waals surface area contributed by atoms with Gasteiger partial charge in [0.2, 0.25) is 5.91 Å². The lowest BCUT2D eigenvalue weighted by Crippen LogP contribution is -2.23. The van der Waals surface area contributed by atoms with Crippen molar-refractivity contribution in [2.24, 2.45) is 0 Å². The Hall–Kier alpha value is -2.62. The molecule has 0 aliphatic rings. The molecule has 0 heterocycles. The maximum Gasteiger partial charge on any atom is 0.243 e. The summed E-state index contributed by atoms with van der Waals surface area (Å²) in [4.78, 5) is 23.7. The number of Topliss-reactive ketones (excluding diaryl/α,β-unsaturated/α-hetero) is 1. The number of carbonyl (C=O) groups excluding carboxylic acids is 2. The lowest BCUT2D eigenvalue weighted by atomic mass is 10.0. The van der Waals surface area contributed by atoms with Crippen molar-refractivity contribution in [2.45, 2.75) is 33.6 Å². The summed E-state index contributed by atoms with van der Waals surface area (Å²) in [7, 11) is 0. The number of ketones is 1. The van der Waals surface area contributed by atoms with Gasteiger partial charge in [0.05, 0.1) is 6.54 Å². The molecule has 2 N–H and O–H groups in total. The lowest BCUT2D eigenvalue weighted by molar-refractivity contribution is -0.114. The van der Waals surface area contributed by atoms with Crippen molar-refractivity contribution in [3.8, 4) is 0 Å². The number of carbonyl (C=O) groups is 2. The third-order valence-corrected chi connectivity index (χ3v) is 3.99. The summed E-state index contributed by atoms with van der Waals surface area (Å²) >= 11 is 0. The molecule has 0 spiro atoms. The standard InChI is InChI=1S/C20H24N2O2/c1-4-15-8-6-9-16(5-2)20(15)22-19(24)13-21-18-11-7-10-17(12-18)14(3)23/h6-12,21H,4-5,13H2,1-3H3,(H,22,24). The van der Waals surface area contributed by atoms with Gasteiger partial charge in [-0.1, -0.05) is 44.2 Å². The van der Waals surface area contributed by atoms with Gasteiger partial charge in [-0.2, -0.15) is 0 Å². The van der Waals surface area contributed by atoms with Crippen molar-refractivity contribution >= 4 is 23.1 Å². The molecule has 0 saturated heterocycles. The molecule has 2 aromatic rings. The van der Waals surface area contributed by atoms with Crippen LogP contribution in [-0.2, 0) is 17.6 Å². The molecule has 24 heavy (non-hydrogen) atoms. The first-order chi connectivity index (χ1) is 11.5. The number of hydrogen-bond donors (Lipinski definition) is 2. The molecule has 0 aromatic heterocycles. The lowest BCUT2D eigenvalue weighted by Gasteiger charge is -2.15. The van der Waals surface area contributed by atoms with Crippen molar-refractivity contribution < 1.29 is 9.59 Å². The number of rotatable bonds is 7. The van der Waals surface area contributed by atoms with Crippen LogP contribution in [0.2, 0.25) is 0 Å². The predicted molar refractivity (Wildman–Crippen MR) is 98.8 cm³/mol. The minimum atomic E-state index is -0.0983. The Kier molecular flexibility index (Phi) is 6.13. The zero-order valence-corrected chi connectivity index (χ0v) is 14.5. The summed E-state index contributed by atoms with van der Waals surface area (Å²) < 4.78 is 0. The molecule has 0 aliphatic heterocycles. The Labute approximate surface area is 143 Å². The SMILES string of the molecule is CCc1cccc(CC)c1NC(=O)CNc1cccc(C(C)=O)c1. The summed E-state index contributed by atoms with van der Waals surface area (Å²) in [6.07, 6.45) is 1.75. The Balaban J connectivity index is 2.04. The van der Waals surface area contributed by atoms with Gasteiger partial charge in [0.1, 0.15) is 0 Å². The first-order valence-corrected chi connectivity index (χ1v) is 8.30. The van der Waals surface area contributed by atoms with E-state index < -0.39 is 0 Å². The van der Waals surface area contributed by atoms with Crippen LogP contribution in [0, 0.1) is 0 Å². The van der Waals surface area contributed by atoms with Crippen molar-refractivity contribution in [3.63, 3.8) is 0 Å². The summed E-state index contributed by atoms with van der Waals surface area (Å²) in [6, 6.07) is 13.3. The quantitative estimate of drug-likeness (QED) is 0.755. The number of aryl methyl sites for hydroxylation is 2. The largest absolute Gasteiger partial charge is 0.376 e. The van der Waals surface area contributed by atoms with E-state index in [4.69, 9.17) is 0 Å². The highest BCUT2D eigenvalue weighted by Gasteiger charge is 2.10. The van der Waals surface area contributed by atoms with E-state index in [0.717, 1.165) is 35.3 Å². The van der Waals surface area contributed by atoms with Gasteiger partial charge >= 0.3 is 0 Å². The van der Waals surface area contributed by atoms with Crippen LogP contribution in [0.3, 0.4) is 0 Å². The predicted octanol–water partition coefficient (Wildman–Crippen LogP) is 4.06. The van der Waals surface area contributed by atoms with E-state index in [2.05, 4.69) is 24.5 Å². The number of benzene rings is 2. The number of para-hydroxylation sites is 1. The number of amides is 1.